The lowest BCUT2D eigenvalue weighted by Crippen LogP contribution is -2.33. The van der Waals surface area contributed by atoms with Crippen molar-refractivity contribution in [1.82, 2.24) is 4.90 Å². The van der Waals surface area contributed by atoms with Gasteiger partial charge in [-0.05, 0) is 31.4 Å². The van der Waals surface area contributed by atoms with Crippen LogP contribution >= 0.6 is 0 Å². The first kappa shape index (κ1) is 16.9. The van der Waals surface area contributed by atoms with Crippen LogP contribution in [0.2, 0.25) is 0 Å². The maximum Gasteiger partial charge on any atom is 0.339 e. The van der Waals surface area contributed by atoms with Crippen LogP contribution in [0.3, 0.4) is 0 Å². The zero-order valence-electron chi connectivity index (χ0n) is 13.1. The molecule has 1 aromatic rings. The average molecular weight is 307 g/mol. The lowest BCUT2D eigenvalue weighted by atomic mass is 10.1. The van der Waals surface area contributed by atoms with Crippen molar-refractivity contribution in [2.75, 3.05) is 33.4 Å². The topological polar surface area (TPSA) is 59.0 Å². The molecule has 0 aromatic heterocycles. The van der Waals surface area contributed by atoms with Gasteiger partial charge in [0.2, 0.25) is 0 Å². The number of nitrogens with zero attached hydrogens (tertiary/aromatic N) is 1. The van der Waals surface area contributed by atoms with E-state index in [2.05, 4.69) is 4.90 Å². The average Bonchev–Trinajstić information content (AvgIpc) is 3.02. The van der Waals surface area contributed by atoms with Crippen molar-refractivity contribution in [2.45, 2.75) is 31.4 Å². The van der Waals surface area contributed by atoms with E-state index in [9.17, 15) is 9.90 Å². The molecule has 1 aliphatic heterocycles. The van der Waals surface area contributed by atoms with Crippen molar-refractivity contribution in [3.05, 3.63) is 35.9 Å². The summed E-state index contributed by atoms with van der Waals surface area (Å²) in [6.07, 6.45) is 2.36. The van der Waals surface area contributed by atoms with Crippen molar-refractivity contribution < 1.29 is 19.4 Å². The molecule has 1 saturated heterocycles. The summed E-state index contributed by atoms with van der Waals surface area (Å²) in [5.41, 5.74) is 0.809. The van der Waals surface area contributed by atoms with Gasteiger partial charge in [0.1, 0.15) is 0 Å². The van der Waals surface area contributed by atoms with Gasteiger partial charge in [-0.15, -0.1) is 0 Å². The van der Waals surface area contributed by atoms with E-state index in [1.807, 2.05) is 30.3 Å². The van der Waals surface area contributed by atoms with E-state index in [4.69, 9.17) is 9.47 Å². The van der Waals surface area contributed by atoms with Crippen LogP contribution in [0.4, 0.5) is 0 Å². The fourth-order valence-corrected chi connectivity index (χ4v) is 2.90. The molecule has 2 rings (SSSR count). The van der Waals surface area contributed by atoms with Crippen LogP contribution < -0.4 is 0 Å². The molecule has 1 aromatic carbocycles. The van der Waals surface area contributed by atoms with E-state index in [0.717, 1.165) is 37.9 Å². The van der Waals surface area contributed by atoms with Crippen LogP contribution in [-0.4, -0.2) is 55.4 Å². The Bertz CT molecular complexity index is 451. The zero-order valence-corrected chi connectivity index (χ0v) is 13.1. The van der Waals surface area contributed by atoms with Crippen LogP contribution in [0.5, 0.6) is 0 Å². The quantitative estimate of drug-likeness (QED) is 0.586. The van der Waals surface area contributed by atoms with Crippen LogP contribution in [-0.2, 0) is 14.3 Å². The van der Waals surface area contributed by atoms with Gasteiger partial charge in [-0.3, -0.25) is 4.90 Å². The molecule has 1 N–H and O–H groups in total. The molecule has 1 fully saturated rings. The van der Waals surface area contributed by atoms with Crippen LogP contribution in [0.25, 0.3) is 0 Å². The van der Waals surface area contributed by atoms with E-state index in [1.54, 1.807) is 0 Å². The van der Waals surface area contributed by atoms with Gasteiger partial charge in [0.15, 0.2) is 6.10 Å². The van der Waals surface area contributed by atoms with E-state index in [0.29, 0.717) is 6.61 Å². The summed E-state index contributed by atoms with van der Waals surface area (Å²) in [5, 5.41) is 9.30. The number of rotatable bonds is 8. The molecule has 1 heterocycles. The standard InChI is InChI=1S/C17H25NO4/c1-21-17(20)16(14-7-3-2-4-8-14)22-12-6-11-18-10-5-9-15(18)13-19/h2-4,7-8,15-16,19H,5-6,9-13H2,1H3. The van der Waals surface area contributed by atoms with Gasteiger partial charge >= 0.3 is 5.97 Å². The molecule has 0 aliphatic carbocycles. The Morgan fingerprint density at radius 1 is 1.41 bits per heavy atom. The summed E-state index contributed by atoms with van der Waals surface area (Å²) in [7, 11) is 1.37. The summed E-state index contributed by atoms with van der Waals surface area (Å²) >= 11 is 0. The number of ether oxygens (including phenoxy) is 2. The minimum Gasteiger partial charge on any atom is -0.467 e. The van der Waals surface area contributed by atoms with Crippen LogP contribution in [0, 0.1) is 0 Å². The van der Waals surface area contributed by atoms with Gasteiger partial charge < -0.3 is 14.6 Å². The lowest BCUT2D eigenvalue weighted by molar-refractivity contribution is -0.154. The summed E-state index contributed by atoms with van der Waals surface area (Å²) in [6.45, 7) is 2.62. The highest BCUT2D eigenvalue weighted by molar-refractivity contribution is 5.76. The Morgan fingerprint density at radius 2 is 2.18 bits per heavy atom. The maximum atomic E-state index is 11.9. The minimum absolute atomic E-state index is 0.218. The molecule has 0 bridgehead atoms. The predicted octanol–water partition coefficient (Wildman–Crippen LogP) is 1.76. The van der Waals surface area contributed by atoms with Gasteiger partial charge in [0.25, 0.3) is 0 Å². The third-order valence-electron chi connectivity index (χ3n) is 4.10. The number of hydrogen-bond donors (Lipinski definition) is 1. The maximum absolute atomic E-state index is 11.9. The smallest absolute Gasteiger partial charge is 0.339 e. The largest absolute Gasteiger partial charge is 0.467 e. The fraction of sp³-hybridized carbons (Fsp3) is 0.588. The number of likely N-dealkylation sites (tertiary alicyclic amines) is 1. The second-order valence-electron chi connectivity index (χ2n) is 5.55. The predicted molar refractivity (Wildman–Crippen MR) is 83.4 cm³/mol. The monoisotopic (exact) mass is 307 g/mol. The number of aliphatic hydroxyl groups excluding tert-OH is 1. The molecule has 5 nitrogen and oxygen atoms in total. The fourth-order valence-electron chi connectivity index (χ4n) is 2.90. The van der Waals surface area contributed by atoms with Gasteiger partial charge in [-0.1, -0.05) is 30.3 Å². The first-order valence-electron chi connectivity index (χ1n) is 7.85. The molecule has 2 unspecified atom stereocenters. The summed E-state index contributed by atoms with van der Waals surface area (Å²) in [6, 6.07) is 9.68. The van der Waals surface area contributed by atoms with E-state index >= 15 is 0 Å². The van der Waals surface area contributed by atoms with Crippen molar-refractivity contribution in [2.24, 2.45) is 0 Å². The highest BCUT2D eigenvalue weighted by Gasteiger charge is 2.24. The van der Waals surface area contributed by atoms with Gasteiger partial charge in [0.05, 0.1) is 13.7 Å². The van der Waals surface area contributed by atoms with Gasteiger partial charge in [-0.25, -0.2) is 4.79 Å². The highest BCUT2D eigenvalue weighted by Crippen LogP contribution is 2.20. The van der Waals surface area contributed by atoms with E-state index in [-0.39, 0.29) is 18.6 Å². The zero-order chi connectivity index (χ0) is 15.8. The van der Waals surface area contributed by atoms with E-state index in [1.165, 1.54) is 7.11 Å². The number of esters is 1. The molecule has 122 valence electrons. The van der Waals surface area contributed by atoms with Crippen LogP contribution in [0.1, 0.15) is 30.9 Å². The number of carbonyl (C=O) groups excluding carboxylic acids is 1. The molecule has 0 amide bonds. The van der Waals surface area contributed by atoms with E-state index < -0.39 is 6.10 Å². The molecule has 1 aliphatic rings. The van der Waals surface area contributed by atoms with Gasteiger partial charge in [0, 0.05) is 19.2 Å². The Labute approximate surface area is 131 Å². The Balaban J connectivity index is 1.81. The highest BCUT2D eigenvalue weighted by atomic mass is 16.6. The Morgan fingerprint density at radius 3 is 2.86 bits per heavy atom. The third-order valence-corrected chi connectivity index (χ3v) is 4.10. The van der Waals surface area contributed by atoms with Crippen molar-refractivity contribution in [3.63, 3.8) is 0 Å². The van der Waals surface area contributed by atoms with Gasteiger partial charge in [-0.2, -0.15) is 0 Å². The first-order valence-corrected chi connectivity index (χ1v) is 7.85. The molecule has 22 heavy (non-hydrogen) atoms. The molecular formula is C17H25NO4. The molecule has 2 atom stereocenters. The Hall–Kier alpha value is -1.43. The summed E-state index contributed by atoms with van der Waals surface area (Å²) in [5.74, 6) is -0.374. The number of hydrogen-bond acceptors (Lipinski definition) is 5. The third kappa shape index (κ3) is 4.53. The second kappa shape index (κ2) is 8.88. The molecule has 0 spiro atoms. The van der Waals surface area contributed by atoms with Crippen LogP contribution in [0.15, 0.2) is 30.3 Å². The number of aliphatic hydroxyl groups is 1. The van der Waals surface area contributed by atoms with Crippen molar-refractivity contribution in [1.29, 1.82) is 0 Å². The normalized spacial score (nSPS) is 20.0. The first-order chi connectivity index (χ1) is 10.8. The minimum atomic E-state index is -0.668. The molecular weight excluding hydrogens is 282 g/mol. The Kier molecular flexibility index (Phi) is 6.83. The summed E-state index contributed by atoms with van der Waals surface area (Å²) in [4.78, 5) is 14.2. The number of methoxy groups -OCH3 is 1. The molecule has 0 saturated carbocycles. The second-order valence-corrected chi connectivity index (χ2v) is 5.55. The van der Waals surface area contributed by atoms with Crippen molar-refractivity contribution >= 4 is 5.97 Å². The SMILES string of the molecule is COC(=O)C(OCCCN1CCCC1CO)c1ccccc1. The van der Waals surface area contributed by atoms with Crippen molar-refractivity contribution in [3.8, 4) is 0 Å². The lowest BCUT2D eigenvalue weighted by Gasteiger charge is -2.23. The summed E-state index contributed by atoms with van der Waals surface area (Å²) < 4.78 is 10.6. The number of carbonyl (C=O) groups is 1. The molecule has 0 radical (unpaired) electrons. The number of benzene rings is 1. The molecule has 5 heteroatoms.